The Morgan fingerprint density at radius 2 is 2.36 bits per heavy atom. The molecule has 1 heterocycles. The zero-order chi connectivity index (χ0) is 8.27. The number of aryl methyl sites for hydroxylation is 1. The van der Waals surface area contributed by atoms with E-state index in [1.165, 1.54) is 4.88 Å². The highest BCUT2D eigenvalue weighted by atomic mass is 32.2. The van der Waals surface area contributed by atoms with Gasteiger partial charge in [-0.25, -0.2) is 4.98 Å². The van der Waals surface area contributed by atoms with E-state index in [9.17, 15) is 0 Å². The second kappa shape index (κ2) is 4.09. The number of aromatic nitrogens is 1. The van der Waals surface area contributed by atoms with Crippen molar-refractivity contribution < 1.29 is 0 Å². The summed E-state index contributed by atoms with van der Waals surface area (Å²) >= 11 is 3.45. The average molecular weight is 188 g/mol. The highest BCUT2D eigenvalue weighted by Gasteiger charge is 2.04. The van der Waals surface area contributed by atoms with Crippen molar-refractivity contribution in [2.24, 2.45) is 5.73 Å². The highest BCUT2D eigenvalue weighted by molar-refractivity contribution is 8.00. The molecule has 1 rings (SSSR count). The molecule has 0 aromatic carbocycles. The van der Waals surface area contributed by atoms with Crippen molar-refractivity contribution >= 4 is 23.1 Å². The van der Waals surface area contributed by atoms with Crippen LogP contribution in [0.1, 0.15) is 10.6 Å². The Hall–Kier alpha value is -0.0600. The molecule has 0 aliphatic rings. The third-order valence-electron chi connectivity index (χ3n) is 1.42. The van der Waals surface area contributed by atoms with E-state index in [1.807, 2.05) is 13.2 Å². The van der Waals surface area contributed by atoms with Gasteiger partial charge in [0.2, 0.25) is 0 Å². The summed E-state index contributed by atoms with van der Waals surface area (Å²) in [7, 11) is 0. The second-order valence-electron chi connectivity index (χ2n) is 2.23. The van der Waals surface area contributed by atoms with E-state index < -0.39 is 0 Å². The largest absolute Gasteiger partial charge is 0.330 e. The van der Waals surface area contributed by atoms with E-state index in [4.69, 9.17) is 5.73 Å². The van der Waals surface area contributed by atoms with E-state index in [0.29, 0.717) is 0 Å². The number of hydrogen-bond donors (Lipinski definition) is 1. The summed E-state index contributed by atoms with van der Waals surface area (Å²) in [6.07, 6.45) is 3.01. The molecule has 2 nitrogen and oxygen atoms in total. The van der Waals surface area contributed by atoms with Gasteiger partial charge in [0, 0.05) is 4.88 Å². The van der Waals surface area contributed by atoms with Crippen LogP contribution in [0.25, 0.3) is 0 Å². The molecule has 2 N–H and O–H groups in total. The summed E-state index contributed by atoms with van der Waals surface area (Å²) in [4.78, 5) is 5.70. The summed E-state index contributed by atoms with van der Waals surface area (Å²) in [5, 5.41) is 0. The van der Waals surface area contributed by atoms with Crippen LogP contribution in [0, 0.1) is 6.92 Å². The van der Waals surface area contributed by atoms with Crippen molar-refractivity contribution in [3.8, 4) is 0 Å². The molecular formula is C7H12N2S2. The molecule has 0 spiro atoms. The van der Waals surface area contributed by atoms with Crippen LogP contribution in [0.15, 0.2) is 4.34 Å². The smallest absolute Gasteiger partial charge is 0.150 e. The minimum Gasteiger partial charge on any atom is -0.330 e. The first kappa shape index (κ1) is 9.03. The lowest BCUT2D eigenvalue weighted by molar-refractivity contribution is 0.967. The van der Waals surface area contributed by atoms with Crippen LogP contribution >= 0.6 is 23.1 Å². The first-order chi connectivity index (χ1) is 5.27. The second-order valence-corrected chi connectivity index (χ2v) is 4.37. The summed E-state index contributed by atoms with van der Waals surface area (Å²) < 4.78 is 1.14. The lowest BCUT2D eigenvalue weighted by Crippen LogP contribution is -2.01. The van der Waals surface area contributed by atoms with Crippen LogP contribution in [-0.2, 0) is 6.42 Å². The van der Waals surface area contributed by atoms with Gasteiger partial charge in [-0.2, -0.15) is 0 Å². The Morgan fingerprint density at radius 3 is 2.82 bits per heavy atom. The molecular weight excluding hydrogens is 176 g/mol. The quantitative estimate of drug-likeness (QED) is 0.733. The Balaban J connectivity index is 2.79. The van der Waals surface area contributed by atoms with Gasteiger partial charge < -0.3 is 5.73 Å². The standard InChI is InChI=1S/C7H12N2S2/c1-5-6(3-4-8)11-7(9-5)10-2/h3-4,8H2,1-2H3. The molecule has 0 bridgehead atoms. The van der Waals surface area contributed by atoms with Crippen molar-refractivity contribution in [2.75, 3.05) is 12.8 Å². The maximum atomic E-state index is 5.45. The Morgan fingerprint density at radius 1 is 1.64 bits per heavy atom. The van der Waals surface area contributed by atoms with Gasteiger partial charge in [-0.1, -0.05) is 11.8 Å². The highest BCUT2D eigenvalue weighted by Crippen LogP contribution is 2.25. The van der Waals surface area contributed by atoms with E-state index in [1.54, 1.807) is 23.1 Å². The first-order valence-corrected chi connectivity index (χ1v) is 5.52. The van der Waals surface area contributed by atoms with Gasteiger partial charge in [0.1, 0.15) is 4.34 Å². The molecule has 0 aliphatic carbocycles. The van der Waals surface area contributed by atoms with Gasteiger partial charge in [0.25, 0.3) is 0 Å². The third-order valence-corrected chi connectivity index (χ3v) is 3.62. The maximum Gasteiger partial charge on any atom is 0.150 e. The molecule has 0 aliphatic heterocycles. The van der Waals surface area contributed by atoms with Crippen LogP contribution in [0.2, 0.25) is 0 Å². The van der Waals surface area contributed by atoms with Gasteiger partial charge in [0.15, 0.2) is 0 Å². The molecule has 0 unspecified atom stereocenters. The van der Waals surface area contributed by atoms with Crippen LogP contribution in [0.5, 0.6) is 0 Å². The molecule has 11 heavy (non-hydrogen) atoms. The Bertz CT molecular complexity index is 232. The van der Waals surface area contributed by atoms with Crippen molar-refractivity contribution in [3.63, 3.8) is 0 Å². The summed E-state index contributed by atoms with van der Waals surface area (Å²) in [5.74, 6) is 0. The third kappa shape index (κ3) is 2.18. The number of thiazole rings is 1. The number of rotatable bonds is 3. The van der Waals surface area contributed by atoms with E-state index in [2.05, 4.69) is 4.98 Å². The van der Waals surface area contributed by atoms with Crippen LogP contribution in [-0.4, -0.2) is 17.8 Å². The van der Waals surface area contributed by atoms with Gasteiger partial charge in [-0.3, -0.25) is 0 Å². The zero-order valence-corrected chi connectivity index (χ0v) is 8.39. The van der Waals surface area contributed by atoms with Gasteiger partial charge >= 0.3 is 0 Å². The summed E-state index contributed by atoms with van der Waals surface area (Å²) in [6.45, 7) is 2.76. The predicted octanol–water partition coefficient (Wildman–Crippen LogP) is 1.67. The fourth-order valence-corrected chi connectivity index (χ4v) is 2.52. The van der Waals surface area contributed by atoms with Crippen molar-refractivity contribution in [2.45, 2.75) is 17.7 Å². The van der Waals surface area contributed by atoms with Gasteiger partial charge in [-0.15, -0.1) is 11.3 Å². The predicted molar refractivity (Wildman–Crippen MR) is 51.4 cm³/mol. The van der Waals surface area contributed by atoms with Crippen LogP contribution < -0.4 is 5.73 Å². The lowest BCUT2D eigenvalue weighted by Gasteiger charge is -1.90. The number of nitrogens with two attached hydrogens (primary N) is 1. The average Bonchev–Trinajstić information content (AvgIpc) is 2.33. The van der Waals surface area contributed by atoms with E-state index in [0.717, 1.165) is 23.0 Å². The summed E-state index contributed by atoms with van der Waals surface area (Å²) in [6, 6.07) is 0. The molecule has 0 amide bonds. The van der Waals surface area contributed by atoms with Gasteiger partial charge in [0.05, 0.1) is 5.69 Å². The number of thioether (sulfide) groups is 1. The molecule has 0 radical (unpaired) electrons. The minimum atomic E-state index is 0.719. The van der Waals surface area contributed by atoms with E-state index in [-0.39, 0.29) is 0 Å². The van der Waals surface area contributed by atoms with Crippen LogP contribution in [0.4, 0.5) is 0 Å². The molecule has 1 aromatic heterocycles. The van der Waals surface area contributed by atoms with Crippen molar-refractivity contribution in [1.29, 1.82) is 0 Å². The minimum absolute atomic E-state index is 0.719. The molecule has 0 atom stereocenters. The van der Waals surface area contributed by atoms with Crippen LogP contribution in [0.3, 0.4) is 0 Å². The molecule has 0 saturated carbocycles. The van der Waals surface area contributed by atoms with E-state index >= 15 is 0 Å². The molecule has 0 fully saturated rings. The normalized spacial score (nSPS) is 10.5. The fourth-order valence-electron chi connectivity index (χ4n) is 0.852. The summed E-state index contributed by atoms with van der Waals surface area (Å²) in [5.41, 5.74) is 6.60. The SMILES string of the molecule is CSc1nc(C)c(CCN)s1. The topological polar surface area (TPSA) is 38.9 Å². The van der Waals surface area contributed by atoms with Crippen molar-refractivity contribution in [1.82, 2.24) is 4.98 Å². The lowest BCUT2D eigenvalue weighted by atomic mass is 10.3. The Kier molecular flexibility index (Phi) is 3.36. The molecule has 1 aromatic rings. The monoisotopic (exact) mass is 188 g/mol. The molecule has 4 heteroatoms. The molecule has 62 valence electrons. The fraction of sp³-hybridized carbons (Fsp3) is 0.571. The first-order valence-electron chi connectivity index (χ1n) is 3.48. The Labute approximate surface area is 75.2 Å². The number of nitrogens with zero attached hydrogens (tertiary/aromatic N) is 1. The van der Waals surface area contributed by atoms with Gasteiger partial charge in [-0.05, 0) is 26.1 Å². The maximum absolute atomic E-state index is 5.45. The molecule has 0 saturated heterocycles. The van der Waals surface area contributed by atoms with Crippen molar-refractivity contribution in [3.05, 3.63) is 10.6 Å². The zero-order valence-electron chi connectivity index (χ0n) is 6.76. The number of hydrogen-bond acceptors (Lipinski definition) is 4.